The van der Waals surface area contributed by atoms with Crippen molar-refractivity contribution in [3.8, 4) is 0 Å². The van der Waals surface area contributed by atoms with E-state index in [0.717, 1.165) is 36.9 Å². The normalized spacial score (nSPS) is 22.5. The van der Waals surface area contributed by atoms with E-state index in [0.29, 0.717) is 6.01 Å². The van der Waals surface area contributed by atoms with Crippen LogP contribution in [0.5, 0.6) is 0 Å². The lowest BCUT2D eigenvalue weighted by molar-refractivity contribution is 0.205. The molecule has 1 fully saturated rings. The zero-order valence-corrected chi connectivity index (χ0v) is 9.61. The molecule has 0 aromatic carbocycles. The van der Waals surface area contributed by atoms with E-state index in [1.807, 2.05) is 0 Å². The summed E-state index contributed by atoms with van der Waals surface area (Å²) in [6.45, 7) is 3.25. The van der Waals surface area contributed by atoms with Gasteiger partial charge in [0.25, 0.3) is 6.01 Å². The maximum absolute atomic E-state index is 5.57. The monoisotopic (exact) mass is 221 g/mol. The summed E-state index contributed by atoms with van der Waals surface area (Å²) in [5, 5.41) is 0. The first kappa shape index (κ1) is 10.1. The fraction of sp³-hybridized carbons (Fsp3) is 0.750. The molecule has 2 aliphatic rings. The molecule has 1 aliphatic heterocycles. The number of hydrogen-bond donors (Lipinski definition) is 1. The van der Waals surface area contributed by atoms with Crippen LogP contribution < -0.4 is 5.73 Å². The fourth-order valence-corrected chi connectivity index (χ4v) is 2.99. The molecular formula is C12H19N3O. The summed E-state index contributed by atoms with van der Waals surface area (Å²) in [6, 6.07) is 0.327. The number of oxazole rings is 1. The number of rotatable bonds is 2. The SMILES string of the molecule is Nc1nc2c(o1)CCN(CC1CCCC1)C2. The molecule has 0 amide bonds. The molecule has 0 atom stereocenters. The topological polar surface area (TPSA) is 55.3 Å². The molecule has 3 rings (SSSR count). The van der Waals surface area contributed by atoms with Crippen molar-refractivity contribution < 1.29 is 4.42 Å². The van der Waals surface area contributed by atoms with Crippen molar-refractivity contribution in [1.29, 1.82) is 0 Å². The standard InChI is InChI=1S/C12H19N3O/c13-12-14-10-8-15(6-5-11(10)16-12)7-9-3-1-2-4-9/h9H,1-8H2,(H2,13,14). The minimum absolute atomic E-state index is 0.327. The first-order chi connectivity index (χ1) is 7.81. The van der Waals surface area contributed by atoms with Gasteiger partial charge in [0.2, 0.25) is 0 Å². The molecule has 0 spiro atoms. The molecule has 16 heavy (non-hydrogen) atoms. The zero-order valence-electron chi connectivity index (χ0n) is 9.61. The lowest BCUT2D eigenvalue weighted by Gasteiger charge is -2.27. The first-order valence-electron chi connectivity index (χ1n) is 6.27. The van der Waals surface area contributed by atoms with Gasteiger partial charge >= 0.3 is 0 Å². The van der Waals surface area contributed by atoms with E-state index in [-0.39, 0.29) is 0 Å². The summed E-state index contributed by atoms with van der Waals surface area (Å²) in [6.07, 6.45) is 6.61. The lowest BCUT2D eigenvalue weighted by atomic mass is 10.1. The molecule has 2 N–H and O–H groups in total. The van der Waals surface area contributed by atoms with E-state index in [2.05, 4.69) is 9.88 Å². The lowest BCUT2D eigenvalue weighted by Crippen LogP contribution is -2.33. The molecule has 0 radical (unpaired) electrons. The van der Waals surface area contributed by atoms with Crippen molar-refractivity contribution in [2.24, 2.45) is 5.92 Å². The molecule has 0 saturated heterocycles. The van der Waals surface area contributed by atoms with Crippen molar-refractivity contribution in [2.45, 2.75) is 38.6 Å². The Morgan fingerprint density at radius 3 is 3.00 bits per heavy atom. The van der Waals surface area contributed by atoms with E-state index in [9.17, 15) is 0 Å². The average Bonchev–Trinajstić information content (AvgIpc) is 2.85. The van der Waals surface area contributed by atoms with Crippen molar-refractivity contribution in [3.63, 3.8) is 0 Å². The number of nitrogens with two attached hydrogens (primary N) is 1. The highest BCUT2D eigenvalue weighted by Crippen LogP contribution is 2.28. The van der Waals surface area contributed by atoms with E-state index >= 15 is 0 Å². The summed E-state index contributed by atoms with van der Waals surface area (Å²) in [7, 11) is 0. The third kappa shape index (κ3) is 1.94. The average molecular weight is 221 g/mol. The second-order valence-corrected chi connectivity index (χ2v) is 5.06. The van der Waals surface area contributed by atoms with Crippen LogP contribution in [0, 0.1) is 5.92 Å². The Bertz CT molecular complexity index is 368. The van der Waals surface area contributed by atoms with Gasteiger partial charge in [-0.1, -0.05) is 12.8 Å². The Labute approximate surface area is 95.8 Å². The molecule has 88 valence electrons. The Balaban J connectivity index is 1.63. The number of hydrogen-bond acceptors (Lipinski definition) is 4. The van der Waals surface area contributed by atoms with Gasteiger partial charge in [0, 0.05) is 26.1 Å². The molecule has 2 heterocycles. The minimum atomic E-state index is 0.327. The molecular weight excluding hydrogens is 202 g/mol. The number of aromatic nitrogens is 1. The van der Waals surface area contributed by atoms with E-state index < -0.39 is 0 Å². The van der Waals surface area contributed by atoms with Crippen molar-refractivity contribution in [1.82, 2.24) is 9.88 Å². The molecule has 4 heteroatoms. The summed E-state index contributed by atoms with van der Waals surface area (Å²) >= 11 is 0. The number of fused-ring (bicyclic) bond motifs is 1. The van der Waals surface area contributed by atoms with Crippen LogP contribution in [0.2, 0.25) is 0 Å². The van der Waals surface area contributed by atoms with E-state index in [1.165, 1.54) is 32.2 Å². The number of anilines is 1. The molecule has 1 aromatic rings. The number of nitrogen functional groups attached to an aromatic ring is 1. The fourth-order valence-electron chi connectivity index (χ4n) is 2.99. The first-order valence-corrected chi connectivity index (χ1v) is 6.27. The minimum Gasteiger partial charge on any atom is -0.429 e. The van der Waals surface area contributed by atoms with Crippen LogP contribution in [0.1, 0.15) is 37.1 Å². The quantitative estimate of drug-likeness (QED) is 0.827. The van der Waals surface area contributed by atoms with Crippen LogP contribution >= 0.6 is 0 Å². The van der Waals surface area contributed by atoms with Crippen LogP contribution in [-0.2, 0) is 13.0 Å². The predicted octanol–water partition coefficient (Wildman–Crippen LogP) is 1.81. The zero-order chi connectivity index (χ0) is 11.0. The highest BCUT2D eigenvalue weighted by Gasteiger charge is 2.24. The molecule has 1 saturated carbocycles. The second-order valence-electron chi connectivity index (χ2n) is 5.06. The number of nitrogens with zero attached hydrogens (tertiary/aromatic N) is 2. The van der Waals surface area contributed by atoms with Crippen molar-refractivity contribution >= 4 is 6.01 Å². The highest BCUT2D eigenvalue weighted by molar-refractivity contribution is 5.21. The van der Waals surface area contributed by atoms with Crippen molar-refractivity contribution in [2.75, 3.05) is 18.8 Å². The summed E-state index contributed by atoms with van der Waals surface area (Å²) in [5.41, 5.74) is 6.63. The van der Waals surface area contributed by atoms with Gasteiger partial charge in [-0.25, -0.2) is 0 Å². The highest BCUT2D eigenvalue weighted by atomic mass is 16.4. The van der Waals surface area contributed by atoms with Gasteiger partial charge in [0.05, 0.1) is 5.69 Å². The van der Waals surface area contributed by atoms with Crippen LogP contribution in [0.3, 0.4) is 0 Å². The van der Waals surface area contributed by atoms with Gasteiger partial charge in [-0.15, -0.1) is 0 Å². The third-order valence-corrected chi connectivity index (χ3v) is 3.81. The van der Waals surface area contributed by atoms with Gasteiger partial charge in [-0.2, -0.15) is 4.98 Å². The molecule has 1 aromatic heterocycles. The third-order valence-electron chi connectivity index (χ3n) is 3.81. The molecule has 0 bridgehead atoms. The molecule has 4 nitrogen and oxygen atoms in total. The van der Waals surface area contributed by atoms with Crippen LogP contribution in [0.4, 0.5) is 6.01 Å². The summed E-state index contributed by atoms with van der Waals surface area (Å²) in [4.78, 5) is 6.75. The Morgan fingerprint density at radius 2 is 2.19 bits per heavy atom. The van der Waals surface area contributed by atoms with Crippen LogP contribution in [0.25, 0.3) is 0 Å². The largest absolute Gasteiger partial charge is 0.429 e. The van der Waals surface area contributed by atoms with Gasteiger partial charge in [-0.3, -0.25) is 4.90 Å². The molecule has 0 unspecified atom stereocenters. The molecule has 1 aliphatic carbocycles. The van der Waals surface area contributed by atoms with Gasteiger partial charge in [-0.05, 0) is 18.8 Å². The Hall–Kier alpha value is -1.03. The van der Waals surface area contributed by atoms with Crippen LogP contribution in [-0.4, -0.2) is 23.0 Å². The summed E-state index contributed by atoms with van der Waals surface area (Å²) in [5.74, 6) is 1.91. The Morgan fingerprint density at radius 1 is 1.38 bits per heavy atom. The maximum Gasteiger partial charge on any atom is 0.292 e. The van der Waals surface area contributed by atoms with Gasteiger partial charge < -0.3 is 10.2 Å². The van der Waals surface area contributed by atoms with Crippen LogP contribution in [0.15, 0.2) is 4.42 Å². The smallest absolute Gasteiger partial charge is 0.292 e. The van der Waals surface area contributed by atoms with Crippen molar-refractivity contribution in [3.05, 3.63) is 11.5 Å². The second kappa shape index (κ2) is 4.09. The predicted molar refractivity (Wildman–Crippen MR) is 61.9 cm³/mol. The van der Waals surface area contributed by atoms with Gasteiger partial charge in [0.15, 0.2) is 0 Å². The maximum atomic E-state index is 5.57. The Kier molecular flexibility index (Phi) is 2.59. The van der Waals surface area contributed by atoms with E-state index in [4.69, 9.17) is 10.2 Å². The summed E-state index contributed by atoms with van der Waals surface area (Å²) < 4.78 is 5.36. The van der Waals surface area contributed by atoms with E-state index in [1.54, 1.807) is 0 Å². The van der Waals surface area contributed by atoms with Gasteiger partial charge in [0.1, 0.15) is 5.76 Å².